The van der Waals surface area contributed by atoms with Crippen LogP contribution in [0.2, 0.25) is 0 Å². The average Bonchev–Trinajstić information content (AvgIpc) is 4.21. The number of hydrogen-bond acceptors (Lipinski definition) is 2. The maximum Gasteiger partial charge on any atom is 0.0724 e. The van der Waals surface area contributed by atoms with Crippen LogP contribution in [-0.2, 0) is 0 Å². The lowest BCUT2D eigenvalue weighted by Crippen LogP contribution is -1.99. The Balaban J connectivity index is 1.14. The maximum atomic E-state index is 2.55. The standard InChI is InChI=1S/C66H42N2S2/c1-5-19-43(20-6-1)47-35-48(44-21-7-2-8-22-44)38-51(37-47)67-59(57-31-17-29-55-53-27-13-15-33-63(53)69-65(55)57)41-62-61(67)42-60(58-32-18-30-56-54-28-14-16-34-64(54)70-66(56)58)68(62)52-39-49(45-23-9-3-10-24-45)36-50(40-52)46-25-11-4-12-26-46/h1-42H. The Morgan fingerprint density at radius 3 is 0.914 bits per heavy atom. The van der Waals surface area contributed by atoms with E-state index in [2.05, 4.69) is 264 Å². The number of fused-ring (bicyclic) bond motifs is 7. The second-order valence-corrected chi connectivity index (χ2v) is 20.2. The third-order valence-electron chi connectivity index (χ3n) is 13.9. The fourth-order valence-corrected chi connectivity index (χ4v) is 13.1. The first-order chi connectivity index (χ1) is 34.7. The van der Waals surface area contributed by atoms with Gasteiger partial charge < -0.3 is 9.13 Å². The molecule has 0 aliphatic rings. The molecule has 0 spiro atoms. The summed E-state index contributed by atoms with van der Waals surface area (Å²) in [6.45, 7) is 0. The van der Waals surface area contributed by atoms with Crippen LogP contribution >= 0.6 is 22.7 Å². The molecule has 4 heteroatoms. The van der Waals surface area contributed by atoms with E-state index >= 15 is 0 Å². The molecule has 2 nitrogen and oxygen atoms in total. The quantitative estimate of drug-likeness (QED) is 0.144. The van der Waals surface area contributed by atoms with Crippen molar-refractivity contribution in [2.75, 3.05) is 0 Å². The van der Waals surface area contributed by atoms with Gasteiger partial charge in [0.2, 0.25) is 0 Å². The fraction of sp³-hybridized carbons (Fsp3) is 0. The van der Waals surface area contributed by atoms with Gasteiger partial charge in [-0.3, -0.25) is 0 Å². The maximum absolute atomic E-state index is 2.55. The largest absolute Gasteiger partial charge is 0.308 e. The summed E-state index contributed by atoms with van der Waals surface area (Å²) >= 11 is 3.77. The molecule has 0 atom stereocenters. The molecule has 0 N–H and O–H groups in total. The monoisotopic (exact) mass is 926 g/mol. The number of benzene rings is 10. The first-order valence-electron chi connectivity index (χ1n) is 23.8. The SMILES string of the molecule is c1ccc(-c2cc(-c3ccccc3)cc(-n3c(-c4cccc5c4sc4ccccc45)cc4c3cc(-c3cccc5c3sc3ccccc35)n4-c3cc(-c4ccccc4)cc(-c4ccccc4)c3)c2)cc1. The highest BCUT2D eigenvalue weighted by Crippen LogP contribution is 2.48. The molecule has 70 heavy (non-hydrogen) atoms. The molecule has 0 saturated heterocycles. The van der Waals surface area contributed by atoms with Gasteiger partial charge in [0.1, 0.15) is 0 Å². The lowest BCUT2D eigenvalue weighted by atomic mass is 9.97. The zero-order valence-corrected chi connectivity index (χ0v) is 39.6. The van der Waals surface area contributed by atoms with Crippen LogP contribution in [0, 0.1) is 0 Å². The topological polar surface area (TPSA) is 9.86 Å². The Bertz CT molecular complexity index is 3880. The summed E-state index contributed by atoms with van der Waals surface area (Å²) in [4.78, 5) is 0. The molecule has 4 aromatic heterocycles. The molecule has 10 aromatic carbocycles. The fourth-order valence-electron chi connectivity index (χ4n) is 10.7. The molecule has 4 heterocycles. The van der Waals surface area contributed by atoms with E-state index in [-0.39, 0.29) is 0 Å². The van der Waals surface area contributed by atoms with Gasteiger partial charge in [-0.05, 0) is 105 Å². The minimum absolute atomic E-state index is 1.11. The van der Waals surface area contributed by atoms with Gasteiger partial charge in [0.05, 0.1) is 22.4 Å². The molecular formula is C66H42N2S2. The van der Waals surface area contributed by atoms with Crippen LogP contribution in [0.3, 0.4) is 0 Å². The highest BCUT2D eigenvalue weighted by atomic mass is 32.1. The molecule has 0 saturated carbocycles. The van der Waals surface area contributed by atoms with E-state index in [9.17, 15) is 0 Å². The molecule has 0 aliphatic heterocycles. The number of hydrogen-bond donors (Lipinski definition) is 0. The summed E-state index contributed by atoms with van der Waals surface area (Å²) in [5, 5.41) is 5.14. The summed E-state index contributed by atoms with van der Waals surface area (Å²) in [6, 6.07) is 93.9. The lowest BCUT2D eigenvalue weighted by molar-refractivity contribution is 1.14. The first kappa shape index (κ1) is 40.5. The van der Waals surface area contributed by atoms with Gasteiger partial charge in [-0.1, -0.05) is 194 Å². The van der Waals surface area contributed by atoms with E-state index in [4.69, 9.17) is 0 Å². The molecular weight excluding hydrogens is 885 g/mol. The van der Waals surface area contributed by atoms with E-state index in [0.29, 0.717) is 0 Å². The van der Waals surface area contributed by atoms with Gasteiger partial charge in [-0.15, -0.1) is 22.7 Å². The van der Waals surface area contributed by atoms with Gasteiger partial charge >= 0.3 is 0 Å². The number of nitrogens with zero attached hydrogens (tertiary/aromatic N) is 2. The summed E-state index contributed by atoms with van der Waals surface area (Å²) in [7, 11) is 0. The van der Waals surface area contributed by atoms with Crippen molar-refractivity contribution in [1.82, 2.24) is 9.13 Å². The second kappa shape index (κ2) is 16.6. The Morgan fingerprint density at radius 2 is 0.557 bits per heavy atom. The molecule has 0 radical (unpaired) electrons. The highest BCUT2D eigenvalue weighted by Gasteiger charge is 2.25. The van der Waals surface area contributed by atoms with E-state index in [1.807, 2.05) is 22.7 Å². The Morgan fingerprint density at radius 1 is 0.243 bits per heavy atom. The number of aromatic nitrogens is 2. The number of thiophene rings is 2. The zero-order chi connectivity index (χ0) is 46.1. The van der Waals surface area contributed by atoms with Crippen LogP contribution in [0.5, 0.6) is 0 Å². The normalized spacial score (nSPS) is 11.7. The molecule has 0 amide bonds. The van der Waals surface area contributed by atoms with Crippen molar-refractivity contribution in [2.45, 2.75) is 0 Å². The van der Waals surface area contributed by atoms with Gasteiger partial charge in [-0.2, -0.15) is 0 Å². The summed E-state index contributed by atoms with van der Waals surface area (Å²) < 4.78 is 10.3. The van der Waals surface area contributed by atoms with E-state index in [1.54, 1.807) is 0 Å². The zero-order valence-electron chi connectivity index (χ0n) is 38.0. The summed E-state index contributed by atoms with van der Waals surface area (Å²) in [6.07, 6.45) is 0. The molecule has 14 rings (SSSR count). The van der Waals surface area contributed by atoms with Crippen LogP contribution in [0.1, 0.15) is 0 Å². The van der Waals surface area contributed by atoms with Crippen LogP contribution in [0.4, 0.5) is 0 Å². The van der Waals surface area contributed by atoms with Crippen molar-refractivity contribution < 1.29 is 0 Å². The molecule has 0 bridgehead atoms. The third kappa shape index (κ3) is 6.75. The van der Waals surface area contributed by atoms with E-state index < -0.39 is 0 Å². The van der Waals surface area contributed by atoms with Crippen LogP contribution < -0.4 is 0 Å². The summed E-state index contributed by atoms with van der Waals surface area (Å²) in [5.41, 5.74) is 18.6. The average molecular weight is 927 g/mol. The van der Waals surface area contributed by atoms with Crippen molar-refractivity contribution in [3.8, 4) is 78.4 Å². The molecule has 328 valence electrons. The van der Waals surface area contributed by atoms with E-state index in [1.165, 1.54) is 96.0 Å². The van der Waals surface area contributed by atoms with Crippen molar-refractivity contribution in [3.63, 3.8) is 0 Å². The molecule has 0 fully saturated rings. The van der Waals surface area contributed by atoms with Gasteiger partial charge in [0, 0.05) is 62.8 Å². The molecule has 0 aliphatic carbocycles. The predicted molar refractivity (Wildman–Crippen MR) is 301 cm³/mol. The summed E-state index contributed by atoms with van der Waals surface area (Å²) in [5.74, 6) is 0. The Hall–Kier alpha value is -8.54. The molecule has 0 unspecified atom stereocenters. The van der Waals surface area contributed by atoms with Crippen LogP contribution in [-0.4, -0.2) is 9.13 Å². The Labute approximate surface area is 413 Å². The van der Waals surface area contributed by atoms with Gasteiger partial charge in [0.25, 0.3) is 0 Å². The first-order valence-corrected chi connectivity index (χ1v) is 25.4. The number of rotatable bonds is 8. The minimum atomic E-state index is 1.11. The van der Waals surface area contributed by atoms with Crippen molar-refractivity contribution in [2.24, 2.45) is 0 Å². The van der Waals surface area contributed by atoms with Crippen LogP contribution in [0.25, 0.3) is 130 Å². The Kier molecular flexibility index (Phi) is 9.61. The highest BCUT2D eigenvalue weighted by molar-refractivity contribution is 7.26. The van der Waals surface area contributed by atoms with E-state index in [0.717, 1.165) is 33.8 Å². The second-order valence-electron chi connectivity index (χ2n) is 18.1. The van der Waals surface area contributed by atoms with Gasteiger partial charge in [0.15, 0.2) is 0 Å². The predicted octanol–water partition coefficient (Wildman–Crippen LogP) is 19.2. The minimum Gasteiger partial charge on any atom is -0.308 e. The van der Waals surface area contributed by atoms with Crippen molar-refractivity contribution in [3.05, 3.63) is 255 Å². The smallest absolute Gasteiger partial charge is 0.0724 e. The van der Waals surface area contributed by atoms with Gasteiger partial charge in [-0.25, -0.2) is 0 Å². The lowest BCUT2D eigenvalue weighted by Gasteiger charge is -2.16. The van der Waals surface area contributed by atoms with Crippen molar-refractivity contribution >= 4 is 74.1 Å². The van der Waals surface area contributed by atoms with Crippen LogP contribution in [0.15, 0.2) is 255 Å². The third-order valence-corrected chi connectivity index (χ3v) is 16.4. The van der Waals surface area contributed by atoms with Crippen molar-refractivity contribution in [1.29, 1.82) is 0 Å². The molecule has 14 aromatic rings.